The number of nitrogens with one attached hydrogen (secondary N) is 2. The summed E-state index contributed by atoms with van der Waals surface area (Å²) < 4.78 is 5.86. The Morgan fingerprint density at radius 1 is 1.00 bits per heavy atom. The van der Waals surface area contributed by atoms with E-state index in [4.69, 9.17) is 15.9 Å². The predicted molar refractivity (Wildman–Crippen MR) is 94.1 cm³/mol. The molecule has 0 aliphatic heterocycles. The first-order chi connectivity index (χ1) is 11.6. The summed E-state index contributed by atoms with van der Waals surface area (Å²) in [6, 6.07) is 20.9. The monoisotopic (exact) mass is 319 g/mol. The molecule has 3 rings (SSSR count). The number of carbonyl (C=O) groups is 1. The summed E-state index contributed by atoms with van der Waals surface area (Å²) in [4.78, 5) is 12.5. The smallest absolute Gasteiger partial charge is 0.262 e. The van der Waals surface area contributed by atoms with E-state index < -0.39 is 11.9 Å². The summed E-state index contributed by atoms with van der Waals surface area (Å²) in [6.07, 6.45) is 0. The van der Waals surface area contributed by atoms with Crippen molar-refractivity contribution in [2.75, 3.05) is 0 Å². The van der Waals surface area contributed by atoms with Gasteiger partial charge in [0.15, 0.2) is 5.96 Å². The molecule has 4 N–H and O–H groups in total. The van der Waals surface area contributed by atoms with E-state index in [2.05, 4.69) is 5.32 Å². The average Bonchev–Trinajstić information content (AvgIpc) is 2.59. The second-order valence-electron chi connectivity index (χ2n) is 5.30. The van der Waals surface area contributed by atoms with Gasteiger partial charge in [-0.05, 0) is 22.4 Å². The van der Waals surface area contributed by atoms with Gasteiger partial charge in [0.25, 0.3) is 5.91 Å². The number of nitrogens with two attached hydrogens (primary N) is 1. The number of hydrogen-bond donors (Lipinski definition) is 3. The molecule has 0 heterocycles. The molecule has 0 aliphatic carbocycles. The quantitative estimate of drug-likeness (QED) is 0.510. The minimum Gasteiger partial charge on any atom is -0.488 e. The van der Waals surface area contributed by atoms with E-state index in [1.54, 1.807) is 6.07 Å². The van der Waals surface area contributed by atoms with Gasteiger partial charge in [-0.15, -0.1) is 0 Å². The molecular weight excluding hydrogens is 302 g/mol. The van der Waals surface area contributed by atoms with Crippen molar-refractivity contribution in [3.63, 3.8) is 0 Å². The third kappa shape index (κ3) is 3.35. The van der Waals surface area contributed by atoms with Crippen LogP contribution in [0.2, 0.25) is 0 Å². The molecule has 0 bridgehead atoms. The lowest BCUT2D eigenvalue weighted by Crippen LogP contribution is -2.36. The zero-order valence-electron chi connectivity index (χ0n) is 13.0. The average molecular weight is 319 g/mol. The second-order valence-corrected chi connectivity index (χ2v) is 5.30. The molecule has 0 saturated carbocycles. The maximum atomic E-state index is 12.5. The van der Waals surface area contributed by atoms with Gasteiger partial charge >= 0.3 is 0 Å². The molecule has 0 aromatic heterocycles. The number of benzene rings is 3. The van der Waals surface area contributed by atoms with E-state index in [1.165, 1.54) is 0 Å². The van der Waals surface area contributed by atoms with Crippen LogP contribution in [-0.4, -0.2) is 11.9 Å². The zero-order chi connectivity index (χ0) is 16.9. The molecular formula is C19H17N3O2. The van der Waals surface area contributed by atoms with Crippen molar-refractivity contribution in [2.24, 2.45) is 5.73 Å². The van der Waals surface area contributed by atoms with Crippen molar-refractivity contribution in [3.8, 4) is 5.75 Å². The molecule has 0 radical (unpaired) electrons. The lowest BCUT2D eigenvalue weighted by Gasteiger charge is -2.14. The van der Waals surface area contributed by atoms with Crippen LogP contribution in [0.4, 0.5) is 0 Å². The molecule has 0 unspecified atom stereocenters. The third-order valence-corrected chi connectivity index (χ3v) is 3.60. The molecule has 5 nitrogen and oxygen atoms in total. The van der Waals surface area contributed by atoms with Gasteiger partial charge in [0.05, 0.1) is 5.56 Å². The van der Waals surface area contributed by atoms with E-state index in [-0.39, 0.29) is 0 Å². The fourth-order valence-corrected chi connectivity index (χ4v) is 2.53. The highest BCUT2D eigenvalue weighted by Crippen LogP contribution is 2.28. The molecule has 3 aromatic rings. The van der Waals surface area contributed by atoms with Gasteiger partial charge in [-0.3, -0.25) is 15.5 Å². The van der Waals surface area contributed by atoms with Crippen molar-refractivity contribution < 1.29 is 9.53 Å². The lowest BCUT2D eigenvalue weighted by molar-refractivity contribution is 0.0974. The van der Waals surface area contributed by atoms with E-state index in [0.717, 1.165) is 16.3 Å². The third-order valence-electron chi connectivity index (χ3n) is 3.60. The van der Waals surface area contributed by atoms with Gasteiger partial charge in [-0.2, -0.15) is 0 Å². The first-order valence-electron chi connectivity index (χ1n) is 7.49. The van der Waals surface area contributed by atoms with Crippen LogP contribution < -0.4 is 15.8 Å². The first kappa shape index (κ1) is 15.6. The van der Waals surface area contributed by atoms with E-state index in [1.807, 2.05) is 60.7 Å². The minimum absolute atomic E-state index is 0.347. The molecule has 5 heteroatoms. The van der Waals surface area contributed by atoms with Crippen LogP contribution in [0.25, 0.3) is 10.8 Å². The standard InChI is InChI=1S/C19H17N3O2/c20-19(21)22-18(23)17-15-9-5-4-8-14(15)10-11-16(17)24-12-13-6-2-1-3-7-13/h1-11H,12H2,(H4,20,21,22,23). The van der Waals surface area contributed by atoms with Crippen LogP contribution >= 0.6 is 0 Å². The summed E-state index contributed by atoms with van der Waals surface area (Å²) in [6.45, 7) is 0.347. The van der Waals surface area contributed by atoms with Crippen molar-refractivity contribution in [1.29, 1.82) is 5.41 Å². The maximum Gasteiger partial charge on any atom is 0.262 e. The van der Waals surface area contributed by atoms with Gasteiger partial charge < -0.3 is 10.5 Å². The largest absolute Gasteiger partial charge is 0.488 e. The molecule has 0 saturated heterocycles. The SMILES string of the molecule is N=C(N)NC(=O)c1c(OCc2ccccc2)ccc2ccccc12. The zero-order valence-corrected chi connectivity index (χ0v) is 13.0. The molecule has 0 spiro atoms. The fraction of sp³-hybridized carbons (Fsp3) is 0.0526. The Bertz CT molecular complexity index is 892. The summed E-state index contributed by atoms with van der Waals surface area (Å²) in [5.74, 6) is -0.402. The second kappa shape index (κ2) is 6.83. The highest BCUT2D eigenvalue weighted by atomic mass is 16.5. The van der Waals surface area contributed by atoms with Gasteiger partial charge in [-0.25, -0.2) is 0 Å². The Morgan fingerprint density at radius 2 is 1.71 bits per heavy atom. The number of amides is 1. The normalized spacial score (nSPS) is 10.3. The number of ether oxygens (including phenoxy) is 1. The molecule has 24 heavy (non-hydrogen) atoms. The van der Waals surface area contributed by atoms with Crippen molar-refractivity contribution >= 4 is 22.6 Å². The molecule has 120 valence electrons. The highest BCUT2D eigenvalue weighted by molar-refractivity contribution is 6.14. The van der Waals surface area contributed by atoms with Crippen LogP contribution in [0.3, 0.4) is 0 Å². The van der Waals surface area contributed by atoms with Gasteiger partial charge in [0.1, 0.15) is 12.4 Å². The van der Waals surface area contributed by atoms with Crippen LogP contribution in [0.1, 0.15) is 15.9 Å². The number of rotatable bonds is 4. The van der Waals surface area contributed by atoms with Crippen molar-refractivity contribution in [3.05, 3.63) is 77.9 Å². The van der Waals surface area contributed by atoms with E-state index in [9.17, 15) is 4.79 Å². The molecule has 3 aromatic carbocycles. The predicted octanol–water partition coefficient (Wildman–Crippen LogP) is 3.04. The summed E-state index contributed by atoms with van der Waals surface area (Å²) in [5, 5.41) is 11.3. The first-order valence-corrected chi connectivity index (χ1v) is 7.49. The Labute approximate surface area is 139 Å². The minimum atomic E-state index is -0.456. The van der Waals surface area contributed by atoms with Crippen molar-refractivity contribution in [2.45, 2.75) is 6.61 Å². The van der Waals surface area contributed by atoms with Crippen LogP contribution in [0.5, 0.6) is 5.75 Å². The van der Waals surface area contributed by atoms with Gasteiger partial charge in [0.2, 0.25) is 0 Å². The lowest BCUT2D eigenvalue weighted by atomic mass is 10.0. The van der Waals surface area contributed by atoms with Crippen LogP contribution in [0, 0.1) is 5.41 Å². The Balaban J connectivity index is 1.99. The van der Waals surface area contributed by atoms with Crippen LogP contribution in [0.15, 0.2) is 66.7 Å². The van der Waals surface area contributed by atoms with E-state index in [0.29, 0.717) is 17.9 Å². The molecule has 0 aliphatic rings. The fourth-order valence-electron chi connectivity index (χ4n) is 2.53. The Morgan fingerprint density at radius 3 is 2.46 bits per heavy atom. The van der Waals surface area contributed by atoms with Crippen LogP contribution in [-0.2, 0) is 6.61 Å². The van der Waals surface area contributed by atoms with E-state index >= 15 is 0 Å². The molecule has 0 atom stereocenters. The number of carbonyl (C=O) groups excluding carboxylic acids is 1. The topological polar surface area (TPSA) is 88.2 Å². The molecule has 1 amide bonds. The Kier molecular flexibility index (Phi) is 4.43. The van der Waals surface area contributed by atoms with Gasteiger partial charge in [0, 0.05) is 0 Å². The maximum absolute atomic E-state index is 12.5. The number of hydrogen-bond acceptors (Lipinski definition) is 3. The number of fused-ring (bicyclic) bond motifs is 1. The summed E-state index contributed by atoms with van der Waals surface area (Å²) >= 11 is 0. The van der Waals surface area contributed by atoms with Crippen molar-refractivity contribution in [1.82, 2.24) is 5.32 Å². The van der Waals surface area contributed by atoms with Gasteiger partial charge in [-0.1, -0.05) is 60.7 Å². The highest BCUT2D eigenvalue weighted by Gasteiger charge is 2.17. The Hall–Kier alpha value is -3.34. The number of guanidine groups is 1. The summed E-state index contributed by atoms with van der Waals surface area (Å²) in [7, 11) is 0. The summed E-state index contributed by atoms with van der Waals surface area (Å²) in [5.41, 5.74) is 6.68. The molecule has 0 fully saturated rings.